The van der Waals surface area contributed by atoms with Crippen LogP contribution >= 0.6 is 0 Å². The summed E-state index contributed by atoms with van der Waals surface area (Å²) < 4.78 is 5.86. The van der Waals surface area contributed by atoms with Crippen LogP contribution < -0.4 is 4.74 Å². The van der Waals surface area contributed by atoms with E-state index >= 15 is 0 Å². The summed E-state index contributed by atoms with van der Waals surface area (Å²) in [4.78, 5) is 4.52. The number of benzene rings is 2. The first kappa shape index (κ1) is 11.7. The molecule has 2 nitrogen and oxygen atoms in total. The third-order valence-electron chi connectivity index (χ3n) is 3.10. The van der Waals surface area contributed by atoms with Gasteiger partial charge in [0, 0.05) is 17.1 Å². The van der Waals surface area contributed by atoms with Gasteiger partial charge in [0.05, 0.1) is 12.1 Å². The van der Waals surface area contributed by atoms with Gasteiger partial charge in [-0.2, -0.15) is 0 Å². The summed E-state index contributed by atoms with van der Waals surface area (Å²) in [5.41, 5.74) is 3.14. The van der Waals surface area contributed by atoms with E-state index in [2.05, 4.69) is 23.2 Å². The normalized spacial score (nSPS) is 10.6. The minimum atomic E-state index is 0.647. The minimum absolute atomic E-state index is 0.647. The van der Waals surface area contributed by atoms with E-state index in [1.165, 1.54) is 0 Å². The molecule has 0 unspecified atom stereocenters. The zero-order chi connectivity index (χ0) is 13.1. The molecule has 0 N–H and O–H groups in total. The molecule has 0 radical (unpaired) electrons. The Morgan fingerprint density at radius 2 is 1.68 bits per heavy atom. The third-order valence-corrected chi connectivity index (χ3v) is 3.10. The van der Waals surface area contributed by atoms with E-state index in [4.69, 9.17) is 4.74 Å². The molecule has 0 aliphatic heterocycles. The SMILES string of the molecule is CCOc1c(-c2ccccc2)cnc2ccccc12. The molecule has 2 heteroatoms. The van der Waals surface area contributed by atoms with Crippen molar-refractivity contribution in [1.82, 2.24) is 4.98 Å². The van der Waals surface area contributed by atoms with Gasteiger partial charge in [0.15, 0.2) is 0 Å². The number of rotatable bonds is 3. The van der Waals surface area contributed by atoms with Crippen molar-refractivity contribution in [2.75, 3.05) is 6.61 Å². The summed E-state index contributed by atoms with van der Waals surface area (Å²) in [6.45, 7) is 2.65. The molecule has 19 heavy (non-hydrogen) atoms. The van der Waals surface area contributed by atoms with E-state index in [-0.39, 0.29) is 0 Å². The first-order valence-corrected chi connectivity index (χ1v) is 6.46. The predicted octanol–water partition coefficient (Wildman–Crippen LogP) is 4.30. The highest BCUT2D eigenvalue weighted by Crippen LogP contribution is 2.35. The molecule has 0 fully saturated rings. The van der Waals surface area contributed by atoms with Gasteiger partial charge >= 0.3 is 0 Å². The second-order valence-corrected chi connectivity index (χ2v) is 4.32. The summed E-state index contributed by atoms with van der Waals surface area (Å²) in [5.74, 6) is 0.916. The lowest BCUT2D eigenvalue weighted by molar-refractivity contribution is 0.345. The molecular formula is C17H15NO. The quantitative estimate of drug-likeness (QED) is 0.690. The highest BCUT2D eigenvalue weighted by molar-refractivity contribution is 5.92. The van der Waals surface area contributed by atoms with Crippen LogP contribution in [0.1, 0.15) is 6.92 Å². The van der Waals surface area contributed by atoms with Crippen molar-refractivity contribution in [2.45, 2.75) is 6.92 Å². The Kier molecular flexibility index (Phi) is 3.15. The molecule has 0 spiro atoms. The van der Waals surface area contributed by atoms with Gasteiger partial charge < -0.3 is 4.74 Å². The van der Waals surface area contributed by atoms with Crippen molar-refractivity contribution in [3.05, 3.63) is 60.8 Å². The highest BCUT2D eigenvalue weighted by Gasteiger charge is 2.11. The van der Waals surface area contributed by atoms with Gasteiger partial charge in [-0.25, -0.2) is 0 Å². The number of ether oxygens (including phenoxy) is 1. The Balaban J connectivity index is 2.27. The highest BCUT2D eigenvalue weighted by atomic mass is 16.5. The van der Waals surface area contributed by atoms with Gasteiger partial charge in [-0.05, 0) is 24.6 Å². The van der Waals surface area contributed by atoms with Crippen molar-refractivity contribution in [1.29, 1.82) is 0 Å². The van der Waals surface area contributed by atoms with Crippen LogP contribution in [-0.2, 0) is 0 Å². The van der Waals surface area contributed by atoms with E-state index in [1.807, 2.05) is 49.5 Å². The Labute approximate surface area is 112 Å². The molecule has 0 aliphatic rings. The van der Waals surface area contributed by atoms with Gasteiger partial charge in [0.25, 0.3) is 0 Å². The number of hydrogen-bond acceptors (Lipinski definition) is 2. The first-order valence-electron chi connectivity index (χ1n) is 6.46. The lowest BCUT2D eigenvalue weighted by Gasteiger charge is -2.12. The molecule has 94 valence electrons. The summed E-state index contributed by atoms with van der Waals surface area (Å²) in [7, 11) is 0. The second-order valence-electron chi connectivity index (χ2n) is 4.32. The average molecular weight is 249 g/mol. The fourth-order valence-corrected chi connectivity index (χ4v) is 2.24. The van der Waals surface area contributed by atoms with Crippen molar-refractivity contribution >= 4 is 10.9 Å². The molecule has 1 aromatic heterocycles. The second kappa shape index (κ2) is 5.11. The van der Waals surface area contributed by atoms with E-state index < -0.39 is 0 Å². The van der Waals surface area contributed by atoms with Gasteiger partial charge in [0.1, 0.15) is 5.75 Å². The molecule has 0 saturated carbocycles. The largest absolute Gasteiger partial charge is 0.492 e. The van der Waals surface area contributed by atoms with Crippen LogP contribution in [0.25, 0.3) is 22.0 Å². The number of pyridine rings is 1. The van der Waals surface area contributed by atoms with Crippen molar-refractivity contribution in [3.63, 3.8) is 0 Å². The zero-order valence-electron chi connectivity index (χ0n) is 10.8. The topological polar surface area (TPSA) is 22.1 Å². The molecule has 0 aliphatic carbocycles. The Bertz CT molecular complexity index is 692. The van der Waals surface area contributed by atoms with Crippen molar-refractivity contribution < 1.29 is 4.74 Å². The van der Waals surface area contributed by atoms with Gasteiger partial charge in [-0.1, -0.05) is 42.5 Å². The molecule has 0 bridgehead atoms. The maximum absolute atomic E-state index is 5.86. The van der Waals surface area contributed by atoms with Crippen LogP contribution in [0.2, 0.25) is 0 Å². The monoisotopic (exact) mass is 249 g/mol. The summed E-state index contributed by atoms with van der Waals surface area (Å²) in [6, 6.07) is 18.3. The van der Waals surface area contributed by atoms with E-state index in [9.17, 15) is 0 Å². The van der Waals surface area contributed by atoms with Crippen LogP contribution in [0, 0.1) is 0 Å². The van der Waals surface area contributed by atoms with Crippen LogP contribution in [0.3, 0.4) is 0 Å². The predicted molar refractivity (Wildman–Crippen MR) is 78.3 cm³/mol. The molecule has 1 heterocycles. The smallest absolute Gasteiger partial charge is 0.138 e. The molecule has 0 atom stereocenters. The molecule has 3 rings (SSSR count). The standard InChI is InChI=1S/C17H15NO/c1-2-19-17-14-10-6-7-11-16(14)18-12-15(17)13-8-4-3-5-9-13/h3-12H,2H2,1H3. The van der Waals surface area contributed by atoms with Crippen molar-refractivity contribution in [2.24, 2.45) is 0 Å². The maximum Gasteiger partial charge on any atom is 0.138 e. The Hall–Kier alpha value is -2.35. The first-order chi connectivity index (χ1) is 9.40. The lowest BCUT2D eigenvalue weighted by Crippen LogP contribution is -1.96. The Morgan fingerprint density at radius 3 is 2.47 bits per heavy atom. The van der Waals surface area contributed by atoms with Crippen LogP contribution in [0.15, 0.2) is 60.8 Å². The average Bonchev–Trinajstić information content (AvgIpc) is 2.49. The van der Waals surface area contributed by atoms with Crippen LogP contribution in [0.4, 0.5) is 0 Å². The summed E-state index contributed by atoms with van der Waals surface area (Å²) in [5, 5.41) is 1.06. The lowest BCUT2D eigenvalue weighted by atomic mass is 10.0. The number of aromatic nitrogens is 1. The molecule has 3 aromatic rings. The van der Waals surface area contributed by atoms with Gasteiger partial charge in [-0.15, -0.1) is 0 Å². The third kappa shape index (κ3) is 2.17. The molecule has 2 aromatic carbocycles. The number of nitrogens with zero attached hydrogens (tertiary/aromatic N) is 1. The number of fused-ring (bicyclic) bond motifs is 1. The van der Waals surface area contributed by atoms with Gasteiger partial charge in [0.2, 0.25) is 0 Å². The van der Waals surface area contributed by atoms with Crippen LogP contribution in [0.5, 0.6) is 5.75 Å². The maximum atomic E-state index is 5.86. The van der Waals surface area contributed by atoms with Crippen molar-refractivity contribution in [3.8, 4) is 16.9 Å². The zero-order valence-corrected chi connectivity index (χ0v) is 10.8. The Morgan fingerprint density at radius 1 is 0.947 bits per heavy atom. The van der Waals surface area contributed by atoms with Gasteiger partial charge in [-0.3, -0.25) is 4.98 Å². The number of hydrogen-bond donors (Lipinski definition) is 0. The van der Waals surface area contributed by atoms with E-state index in [1.54, 1.807) is 0 Å². The fourth-order valence-electron chi connectivity index (χ4n) is 2.24. The summed E-state index contributed by atoms with van der Waals surface area (Å²) in [6.07, 6.45) is 1.89. The molecule has 0 amide bonds. The van der Waals surface area contributed by atoms with Crippen LogP contribution in [-0.4, -0.2) is 11.6 Å². The fraction of sp³-hybridized carbons (Fsp3) is 0.118. The minimum Gasteiger partial charge on any atom is -0.492 e. The van der Waals surface area contributed by atoms with E-state index in [0.717, 1.165) is 27.8 Å². The molecular weight excluding hydrogens is 234 g/mol. The van der Waals surface area contributed by atoms with E-state index in [0.29, 0.717) is 6.61 Å². The molecule has 0 saturated heterocycles. The number of para-hydroxylation sites is 1. The summed E-state index contributed by atoms with van der Waals surface area (Å²) >= 11 is 0.